The van der Waals surface area contributed by atoms with E-state index >= 15 is 0 Å². The van der Waals surface area contributed by atoms with Crippen LogP contribution in [0.4, 0.5) is 5.95 Å². The van der Waals surface area contributed by atoms with Gasteiger partial charge in [0.2, 0.25) is 5.95 Å². The third kappa shape index (κ3) is 2.59. The number of nitrogens with one attached hydrogen (secondary N) is 1. The Hall–Kier alpha value is -3.71. The number of anilines is 1. The van der Waals surface area contributed by atoms with Gasteiger partial charge in [0.25, 0.3) is 0 Å². The van der Waals surface area contributed by atoms with Gasteiger partial charge >= 0.3 is 0 Å². The average molecular weight is 415 g/mol. The van der Waals surface area contributed by atoms with Crippen LogP contribution in [0.2, 0.25) is 5.02 Å². The van der Waals surface area contributed by atoms with Crippen LogP contribution in [0, 0.1) is 0 Å². The van der Waals surface area contributed by atoms with Crippen molar-refractivity contribution in [1.29, 1.82) is 0 Å². The van der Waals surface area contributed by atoms with Gasteiger partial charge in [-0.2, -0.15) is 4.68 Å². The fourth-order valence-electron chi connectivity index (χ4n) is 4.11. The molecular formula is C22H15ClN6O. The van der Waals surface area contributed by atoms with Crippen molar-refractivity contribution < 1.29 is 4.74 Å². The second-order valence-corrected chi connectivity index (χ2v) is 7.57. The summed E-state index contributed by atoms with van der Waals surface area (Å²) in [6, 6.07) is 19.4. The number of aromatic nitrogens is 5. The number of halogens is 1. The SMILES string of the molecule is Clc1ccc([C@@H]2Oc3ccccc3C3=C2[C@@H](c2cccnc2)n2nnnc2N3)cc1. The fraction of sp³-hybridized carbons (Fsp3) is 0.0909. The van der Waals surface area contributed by atoms with E-state index in [0.29, 0.717) is 11.0 Å². The van der Waals surface area contributed by atoms with Crippen molar-refractivity contribution in [2.24, 2.45) is 0 Å². The lowest BCUT2D eigenvalue weighted by molar-refractivity contribution is 0.222. The maximum absolute atomic E-state index is 6.53. The minimum absolute atomic E-state index is 0.269. The summed E-state index contributed by atoms with van der Waals surface area (Å²) < 4.78 is 8.30. The lowest BCUT2D eigenvalue weighted by atomic mass is 9.85. The smallest absolute Gasteiger partial charge is 0.248 e. The highest BCUT2D eigenvalue weighted by molar-refractivity contribution is 6.30. The molecule has 8 heteroatoms. The molecule has 2 aromatic carbocycles. The zero-order chi connectivity index (χ0) is 20.1. The van der Waals surface area contributed by atoms with E-state index in [0.717, 1.165) is 33.7 Å². The number of rotatable bonds is 2. The van der Waals surface area contributed by atoms with Gasteiger partial charge in [0, 0.05) is 28.6 Å². The zero-order valence-corrected chi connectivity index (χ0v) is 16.4. The maximum Gasteiger partial charge on any atom is 0.248 e. The number of nitrogens with zero attached hydrogens (tertiary/aromatic N) is 5. The van der Waals surface area contributed by atoms with Crippen molar-refractivity contribution in [1.82, 2.24) is 25.2 Å². The number of fused-ring (bicyclic) bond motifs is 3. The van der Waals surface area contributed by atoms with Gasteiger partial charge in [0.15, 0.2) is 0 Å². The Bertz CT molecular complexity index is 1270. The first kappa shape index (κ1) is 17.2. The molecule has 4 heterocycles. The Kier molecular flexibility index (Phi) is 3.82. The van der Waals surface area contributed by atoms with Crippen molar-refractivity contribution in [3.05, 3.63) is 100 Å². The number of benzene rings is 2. The maximum atomic E-state index is 6.53. The van der Waals surface area contributed by atoms with E-state index in [4.69, 9.17) is 16.3 Å². The molecule has 0 amide bonds. The van der Waals surface area contributed by atoms with Crippen molar-refractivity contribution >= 4 is 23.2 Å². The Morgan fingerprint density at radius 1 is 0.967 bits per heavy atom. The van der Waals surface area contributed by atoms with Crippen LogP contribution in [0.1, 0.15) is 28.8 Å². The Balaban J connectivity index is 1.63. The molecule has 146 valence electrons. The molecule has 0 saturated heterocycles. The van der Waals surface area contributed by atoms with E-state index in [2.05, 4.69) is 25.8 Å². The van der Waals surface area contributed by atoms with Crippen LogP contribution < -0.4 is 10.1 Å². The number of hydrogen-bond acceptors (Lipinski definition) is 6. The van der Waals surface area contributed by atoms with Gasteiger partial charge in [-0.1, -0.05) is 47.0 Å². The van der Waals surface area contributed by atoms with Gasteiger partial charge in [-0.05, 0) is 51.9 Å². The lowest BCUT2D eigenvalue weighted by Gasteiger charge is -2.38. The van der Waals surface area contributed by atoms with Crippen molar-refractivity contribution in [2.45, 2.75) is 12.1 Å². The second-order valence-electron chi connectivity index (χ2n) is 7.14. The first-order chi connectivity index (χ1) is 14.8. The van der Waals surface area contributed by atoms with Gasteiger partial charge in [0.05, 0.1) is 5.70 Å². The molecule has 2 atom stereocenters. The summed E-state index contributed by atoms with van der Waals surface area (Å²) in [4.78, 5) is 4.33. The van der Waals surface area contributed by atoms with E-state index in [-0.39, 0.29) is 12.1 Å². The Morgan fingerprint density at radius 3 is 2.67 bits per heavy atom. The van der Waals surface area contributed by atoms with Crippen molar-refractivity contribution in [2.75, 3.05) is 5.32 Å². The van der Waals surface area contributed by atoms with Crippen LogP contribution in [-0.4, -0.2) is 25.2 Å². The molecule has 0 saturated carbocycles. The van der Waals surface area contributed by atoms with Crippen LogP contribution in [0.15, 0.2) is 78.6 Å². The monoisotopic (exact) mass is 414 g/mol. The number of para-hydroxylation sites is 1. The molecule has 0 radical (unpaired) electrons. The quantitative estimate of drug-likeness (QED) is 0.527. The first-order valence-electron chi connectivity index (χ1n) is 9.50. The largest absolute Gasteiger partial charge is 0.480 e. The molecule has 0 bridgehead atoms. The molecule has 30 heavy (non-hydrogen) atoms. The second kappa shape index (κ2) is 6.67. The summed E-state index contributed by atoms with van der Waals surface area (Å²) in [5.41, 5.74) is 4.91. The van der Waals surface area contributed by atoms with Gasteiger partial charge in [-0.3, -0.25) is 4.98 Å². The summed E-state index contributed by atoms with van der Waals surface area (Å²) in [6.45, 7) is 0. The van der Waals surface area contributed by atoms with Gasteiger partial charge in [0.1, 0.15) is 17.9 Å². The topological polar surface area (TPSA) is 77.8 Å². The highest BCUT2D eigenvalue weighted by Gasteiger charge is 2.41. The number of hydrogen-bond donors (Lipinski definition) is 1. The van der Waals surface area contributed by atoms with Gasteiger partial charge in [-0.25, -0.2) is 0 Å². The summed E-state index contributed by atoms with van der Waals surface area (Å²) >= 11 is 6.14. The number of ether oxygens (including phenoxy) is 1. The predicted molar refractivity (Wildman–Crippen MR) is 112 cm³/mol. The van der Waals surface area contributed by atoms with Crippen LogP contribution in [0.25, 0.3) is 5.70 Å². The summed E-state index contributed by atoms with van der Waals surface area (Å²) in [5.74, 6) is 1.38. The average Bonchev–Trinajstić information content (AvgIpc) is 3.26. The first-order valence-corrected chi connectivity index (χ1v) is 9.88. The summed E-state index contributed by atoms with van der Waals surface area (Å²) in [5, 5.41) is 16.4. The highest BCUT2D eigenvalue weighted by atomic mass is 35.5. The minimum atomic E-state index is -0.345. The molecule has 0 fully saturated rings. The van der Waals surface area contributed by atoms with E-state index in [1.807, 2.05) is 66.9 Å². The van der Waals surface area contributed by atoms with E-state index in [1.165, 1.54) is 0 Å². The normalized spacial score (nSPS) is 19.2. The summed E-state index contributed by atoms with van der Waals surface area (Å²) in [7, 11) is 0. The van der Waals surface area contributed by atoms with E-state index in [9.17, 15) is 0 Å². The lowest BCUT2D eigenvalue weighted by Crippen LogP contribution is -2.32. The molecule has 0 spiro atoms. The van der Waals surface area contributed by atoms with Crippen LogP contribution >= 0.6 is 11.6 Å². The molecule has 1 N–H and O–H groups in total. The molecule has 2 aliphatic heterocycles. The third-order valence-electron chi connectivity index (χ3n) is 5.41. The zero-order valence-electron chi connectivity index (χ0n) is 15.6. The van der Waals surface area contributed by atoms with Crippen molar-refractivity contribution in [3.63, 3.8) is 0 Å². The molecule has 4 aromatic rings. The van der Waals surface area contributed by atoms with Crippen molar-refractivity contribution in [3.8, 4) is 5.75 Å². The van der Waals surface area contributed by atoms with E-state index in [1.54, 1.807) is 10.9 Å². The van der Waals surface area contributed by atoms with Crippen LogP contribution in [0.5, 0.6) is 5.75 Å². The summed E-state index contributed by atoms with van der Waals surface area (Å²) in [6.07, 6.45) is 3.25. The van der Waals surface area contributed by atoms with Gasteiger partial charge in [-0.15, -0.1) is 0 Å². The van der Waals surface area contributed by atoms with E-state index < -0.39 is 0 Å². The van der Waals surface area contributed by atoms with Crippen LogP contribution in [0.3, 0.4) is 0 Å². The standard InChI is InChI=1S/C22H15ClN6O/c23-15-9-7-13(8-10-15)21-18-19(16-5-1-2-6-17(16)30-21)25-22-26-27-28-29(22)20(18)14-4-3-11-24-12-14/h1-12,20-21H,(H,25,26,28)/t20-,21+/m1/s1. The Morgan fingerprint density at radius 2 is 1.83 bits per heavy atom. The third-order valence-corrected chi connectivity index (χ3v) is 5.67. The van der Waals surface area contributed by atoms with Gasteiger partial charge < -0.3 is 10.1 Å². The molecule has 7 nitrogen and oxygen atoms in total. The highest BCUT2D eigenvalue weighted by Crippen LogP contribution is 2.50. The molecule has 6 rings (SSSR count). The molecule has 2 aliphatic rings. The number of pyridine rings is 1. The predicted octanol–water partition coefficient (Wildman–Crippen LogP) is 4.28. The minimum Gasteiger partial charge on any atom is -0.480 e. The van der Waals surface area contributed by atoms with Crippen LogP contribution in [-0.2, 0) is 0 Å². The molecule has 2 aromatic heterocycles. The molecule has 0 aliphatic carbocycles. The fourth-order valence-corrected chi connectivity index (χ4v) is 4.24. The Labute approximate surface area is 177 Å². The number of tetrazole rings is 1. The molecular weight excluding hydrogens is 400 g/mol. The molecule has 0 unspecified atom stereocenters.